The van der Waals surface area contributed by atoms with Gasteiger partial charge in [0.15, 0.2) is 5.69 Å². The number of nitrogens with zero attached hydrogens (tertiary/aromatic N) is 2. The van der Waals surface area contributed by atoms with Crippen LogP contribution in [0.3, 0.4) is 0 Å². The maximum atomic E-state index is 14.0. The molecule has 1 aromatic carbocycles. The van der Waals surface area contributed by atoms with Crippen LogP contribution >= 0.6 is 0 Å². The molecule has 0 unspecified atom stereocenters. The molecule has 0 aliphatic heterocycles. The van der Waals surface area contributed by atoms with Crippen molar-refractivity contribution < 1.29 is 27.1 Å². The Hall–Kier alpha value is -2.42. The van der Waals surface area contributed by atoms with Crippen molar-refractivity contribution in [3.63, 3.8) is 0 Å². The topological polar surface area (TPSA) is 58.2 Å². The minimum Gasteiger partial charge on any atom is -0.376 e. The second kappa shape index (κ2) is 8.72. The summed E-state index contributed by atoms with van der Waals surface area (Å²) < 4.78 is 58.1. The summed E-state index contributed by atoms with van der Waals surface area (Å²) in [7, 11) is 0. The first-order valence-corrected chi connectivity index (χ1v) is 9.11. The normalized spacial score (nSPS) is 15.1. The van der Waals surface area contributed by atoms with Gasteiger partial charge in [-0.3, -0.25) is 9.89 Å². The molecule has 0 spiro atoms. The van der Waals surface area contributed by atoms with Crippen LogP contribution in [0.4, 0.5) is 17.6 Å². The summed E-state index contributed by atoms with van der Waals surface area (Å²) in [5.74, 6) is -1.18. The summed E-state index contributed by atoms with van der Waals surface area (Å²) >= 11 is 0. The average molecular weight is 399 g/mol. The van der Waals surface area contributed by atoms with Gasteiger partial charge in [0.2, 0.25) is 0 Å². The molecule has 152 valence electrons. The van der Waals surface area contributed by atoms with Gasteiger partial charge in [0.05, 0.1) is 12.7 Å². The lowest BCUT2D eigenvalue weighted by Crippen LogP contribution is -2.34. The summed E-state index contributed by atoms with van der Waals surface area (Å²) in [5, 5.41) is 5.28. The van der Waals surface area contributed by atoms with Crippen LogP contribution in [0.1, 0.15) is 47.4 Å². The van der Waals surface area contributed by atoms with E-state index in [-0.39, 0.29) is 37.1 Å². The SMILES string of the molecule is O=C(c1cc(C(F)(F)F)n[nH]1)N(CCOC1CCCC1)Cc1ccccc1F. The van der Waals surface area contributed by atoms with Gasteiger partial charge in [-0.05, 0) is 18.9 Å². The van der Waals surface area contributed by atoms with Gasteiger partial charge in [0, 0.05) is 24.7 Å². The maximum absolute atomic E-state index is 14.0. The van der Waals surface area contributed by atoms with E-state index in [9.17, 15) is 22.4 Å². The zero-order chi connectivity index (χ0) is 20.1. The number of hydrogen-bond acceptors (Lipinski definition) is 3. The van der Waals surface area contributed by atoms with E-state index in [0.717, 1.165) is 25.7 Å². The molecule has 1 heterocycles. The predicted molar refractivity (Wildman–Crippen MR) is 92.9 cm³/mol. The molecule has 28 heavy (non-hydrogen) atoms. The minimum atomic E-state index is -4.66. The average Bonchev–Trinajstić information content (AvgIpc) is 3.33. The first-order chi connectivity index (χ1) is 13.3. The number of nitrogens with one attached hydrogen (secondary N) is 1. The van der Waals surface area contributed by atoms with Gasteiger partial charge in [-0.1, -0.05) is 31.0 Å². The molecule has 1 fully saturated rings. The molecule has 0 saturated heterocycles. The van der Waals surface area contributed by atoms with E-state index in [0.29, 0.717) is 6.07 Å². The van der Waals surface area contributed by atoms with Gasteiger partial charge in [-0.2, -0.15) is 18.3 Å². The van der Waals surface area contributed by atoms with Crippen LogP contribution in [0, 0.1) is 5.82 Å². The lowest BCUT2D eigenvalue weighted by atomic mass is 10.2. The van der Waals surface area contributed by atoms with E-state index in [1.54, 1.807) is 6.07 Å². The Kier molecular flexibility index (Phi) is 6.33. The zero-order valence-electron chi connectivity index (χ0n) is 15.1. The lowest BCUT2D eigenvalue weighted by Gasteiger charge is -2.23. The molecule has 1 aliphatic rings. The molecule has 1 saturated carbocycles. The fraction of sp³-hybridized carbons (Fsp3) is 0.474. The van der Waals surface area contributed by atoms with E-state index in [2.05, 4.69) is 10.2 Å². The number of rotatable bonds is 7. The van der Waals surface area contributed by atoms with Gasteiger partial charge in [0.1, 0.15) is 11.5 Å². The van der Waals surface area contributed by atoms with Gasteiger partial charge < -0.3 is 9.64 Å². The molecular formula is C19H21F4N3O2. The smallest absolute Gasteiger partial charge is 0.376 e. The zero-order valence-corrected chi connectivity index (χ0v) is 15.1. The molecule has 1 N–H and O–H groups in total. The number of aromatic amines is 1. The van der Waals surface area contributed by atoms with Gasteiger partial charge in [-0.15, -0.1) is 0 Å². The van der Waals surface area contributed by atoms with E-state index in [4.69, 9.17) is 4.74 Å². The Bertz CT molecular complexity index is 800. The Morgan fingerprint density at radius 1 is 1.25 bits per heavy atom. The lowest BCUT2D eigenvalue weighted by molar-refractivity contribution is -0.141. The van der Waals surface area contributed by atoms with E-state index in [1.807, 2.05) is 0 Å². The molecule has 1 aromatic heterocycles. The van der Waals surface area contributed by atoms with E-state index < -0.39 is 23.6 Å². The summed E-state index contributed by atoms with van der Waals surface area (Å²) in [6.07, 6.45) is -0.424. The van der Waals surface area contributed by atoms with Crippen molar-refractivity contribution in [1.29, 1.82) is 0 Å². The highest BCUT2D eigenvalue weighted by Gasteiger charge is 2.35. The largest absolute Gasteiger partial charge is 0.435 e. The third-order valence-corrected chi connectivity index (χ3v) is 4.72. The minimum absolute atomic E-state index is 0.0834. The van der Waals surface area contributed by atoms with Gasteiger partial charge in [0.25, 0.3) is 5.91 Å². The van der Waals surface area contributed by atoms with Crippen molar-refractivity contribution in [2.75, 3.05) is 13.2 Å². The third kappa shape index (κ3) is 5.09. The first-order valence-electron chi connectivity index (χ1n) is 9.11. The van der Waals surface area contributed by atoms with E-state index >= 15 is 0 Å². The van der Waals surface area contributed by atoms with Crippen LogP contribution in [0.15, 0.2) is 30.3 Å². The van der Waals surface area contributed by atoms with Crippen LogP contribution in [0.25, 0.3) is 0 Å². The number of amides is 1. The summed E-state index contributed by atoms with van der Waals surface area (Å²) in [6, 6.07) is 6.62. The predicted octanol–water partition coefficient (Wildman–Crippen LogP) is 4.17. The van der Waals surface area contributed by atoms with Crippen LogP contribution in [-0.4, -0.2) is 40.3 Å². The van der Waals surface area contributed by atoms with Crippen molar-refractivity contribution in [3.8, 4) is 0 Å². The second-order valence-electron chi connectivity index (χ2n) is 6.76. The Balaban J connectivity index is 1.73. The van der Waals surface area contributed by atoms with Crippen LogP contribution in [0.5, 0.6) is 0 Å². The number of alkyl halides is 3. The molecule has 1 amide bonds. The molecule has 5 nitrogen and oxygen atoms in total. The maximum Gasteiger partial charge on any atom is 0.435 e. The molecule has 1 aliphatic carbocycles. The molecule has 0 atom stereocenters. The monoisotopic (exact) mass is 399 g/mol. The number of hydrogen-bond donors (Lipinski definition) is 1. The fourth-order valence-electron chi connectivity index (χ4n) is 3.22. The van der Waals surface area contributed by atoms with Crippen molar-refractivity contribution in [3.05, 3.63) is 53.1 Å². The number of H-pyrrole nitrogens is 1. The molecular weight excluding hydrogens is 378 g/mol. The summed E-state index contributed by atoms with van der Waals surface area (Å²) in [5.41, 5.74) is -1.21. The summed E-state index contributed by atoms with van der Waals surface area (Å²) in [6.45, 7) is 0.273. The standard InChI is InChI=1S/C19H21F4N3O2/c20-15-8-4-1-5-13(15)12-26(9-10-28-14-6-2-3-7-14)18(27)16-11-17(25-24-16)19(21,22)23/h1,4-5,8,11,14H,2-3,6-7,9-10,12H2,(H,24,25). The van der Waals surface area contributed by atoms with Crippen LogP contribution in [0.2, 0.25) is 0 Å². The van der Waals surface area contributed by atoms with Crippen LogP contribution in [-0.2, 0) is 17.5 Å². The quantitative estimate of drug-likeness (QED) is 0.711. The highest BCUT2D eigenvalue weighted by molar-refractivity contribution is 5.92. The third-order valence-electron chi connectivity index (χ3n) is 4.72. The molecule has 2 aromatic rings. The molecule has 3 rings (SSSR count). The number of benzene rings is 1. The van der Waals surface area contributed by atoms with Crippen molar-refractivity contribution >= 4 is 5.91 Å². The second-order valence-corrected chi connectivity index (χ2v) is 6.76. The molecule has 0 bridgehead atoms. The highest BCUT2D eigenvalue weighted by atomic mass is 19.4. The first kappa shape index (κ1) is 20.3. The Morgan fingerprint density at radius 3 is 2.61 bits per heavy atom. The van der Waals surface area contributed by atoms with Crippen LogP contribution < -0.4 is 0 Å². The van der Waals surface area contributed by atoms with Gasteiger partial charge >= 0.3 is 6.18 Å². The van der Waals surface area contributed by atoms with Crippen molar-refractivity contribution in [1.82, 2.24) is 15.1 Å². The highest BCUT2D eigenvalue weighted by Crippen LogP contribution is 2.28. The van der Waals surface area contributed by atoms with Crippen molar-refractivity contribution in [2.24, 2.45) is 0 Å². The number of ether oxygens (including phenoxy) is 1. The van der Waals surface area contributed by atoms with Gasteiger partial charge in [-0.25, -0.2) is 4.39 Å². The van der Waals surface area contributed by atoms with Crippen molar-refractivity contribution in [2.45, 2.75) is 44.5 Å². The Morgan fingerprint density at radius 2 is 1.96 bits per heavy atom. The Labute approximate surface area is 159 Å². The number of carbonyl (C=O) groups excluding carboxylic acids is 1. The number of carbonyl (C=O) groups is 1. The fourth-order valence-corrected chi connectivity index (χ4v) is 3.22. The number of halogens is 4. The molecule has 9 heteroatoms. The van der Waals surface area contributed by atoms with E-state index in [1.165, 1.54) is 23.1 Å². The molecule has 0 radical (unpaired) electrons. The summed E-state index contributed by atoms with van der Waals surface area (Å²) in [4.78, 5) is 14.0. The number of aromatic nitrogens is 2.